The minimum absolute atomic E-state index is 0.0171. The van der Waals surface area contributed by atoms with E-state index in [-0.39, 0.29) is 17.9 Å². The second-order valence-corrected chi connectivity index (χ2v) is 5.22. The van der Waals surface area contributed by atoms with E-state index in [2.05, 4.69) is 17.2 Å². The molecule has 0 aliphatic rings. The summed E-state index contributed by atoms with van der Waals surface area (Å²) < 4.78 is 0. The lowest BCUT2D eigenvalue weighted by Crippen LogP contribution is -2.30. The number of nitrogens with two attached hydrogens (primary N) is 1. The maximum atomic E-state index is 11.8. The number of nitrogens with one attached hydrogen (secondary N) is 1. The van der Waals surface area contributed by atoms with Crippen LogP contribution in [0.15, 0.2) is 5.38 Å². The number of aromatic nitrogens is 1. The SMILES string of the molecule is CCC(CN)CC(=O)NC(C)c1nc(C)cs1. The van der Waals surface area contributed by atoms with Gasteiger partial charge in [-0.2, -0.15) is 0 Å². The Kier molecular flexibility index (Phi) is 5.58. The average molecular weight is 255 g/mol. The first-order valence-electron chi connectivity index (χ1n) is 5.98. The summed E-state index contributed by atoms with van der Waals surface area (Å²) in [7, 11) is 0. The second-order valence-electron chi connectivity index (χ2n) is 4.33. The molecule has 1 rings (SSSR count). The van der Waals surface area contributed by atoms with Crippen LogP contribution < -0.4 is 11.1 Å². The van der Waals surface area contributed by atoms with Gasteiger partial charge in [0.1, 0.15) is 5.01 Å². The molecule has 0 bridgehead atoms. The number of thiazole rings is 1. The maximum absolute atomic E-state index is 11.8. The van der Waals surface area contributed by atoms with Crippen LogP contribution in [-0.2, 0) is 4.79 Å². The zero-order chi connectivity index (χ0) is 12.8. The number of hydrogen-bond acceptors (Lipinski definition) is 4. The van der Waals surface area contributed by atoms with E-state index >= 15 is 0 Å². The fourth-order valence-electron chi connectivity index (χ4n) is 1.59. The topological polar surface area (TPSA) is 68.0 Å². The number of nitrogens with zero attached hydrogens (tertiary/aromatic N) is 1. The molecule has 1 aromatic heterocycles. The minimum Gasteiger partial charge on any atom is -0.347 e. The first-order chi connectivity index (χ1) is 8.06. The molecule has 4 nitrogen and oxygen atoms in total. The van der Waals surface area contributed by atoms with E-state index in [1.54, 1.807) is 11.3 Å². The lowest BCUT2D eigenvalue weighted by Gasteiger charge is -2.15. The van der Waals surface area contributed by atoms with E-state index in [4.69, 9.17) is 5.73 Å². The lowest BCUT2D eigenvalue weighted by atomic mass is 10.0. The fraction of sp³-hybridized carbons (Fsp3) is 0.667. The van der Waals surface area contributed by atoms with E-state index in [0.29, 0.717) is 13.0 Å². The summed E-state index contributed by atoms with van der Waals surface area (Å²) in [5.74, 6) is 0.336. The Bertz CT molecular complexity index is 360. The van der Waals surface area contributed by atoms with Gasteiger partial charge in [0.05, 0.1) is 6.04 Å². The molecule has 0 radical (unpaired) electrons. The molecule has 0 fully saturated rings. The largest absolute Gasteiger partial charge is 0.347 e. The van der Waals surface area contributed by atoms with Crippen LogP contribution in [0.2, 0.25) is 0 Å². The van der Waals surface area contributed by atoms with Gasteiger partial charge in [-0.25, -0.2) is 4.98 Å². The number of carbonyl (C=O) groups is 1. The van der Waals surface area contributed by atoms with Crippen LogP contribution in [0.5, 0.6) is 0 Å². The van der Waals surface area contributed by atoms with Crippen LogP contribution in [0.1, 0.15) is 43.4 Å². The first-order valence-corrected chi connectivity index (χ1v) is 6.86. The molecule has 0 saturated carbocycles. The van der Waals surface area contributed by atoms with Crippen LogP contribution in [0.3, 0.4) is 0 Å². The standard InChI is InChI=1S/C12H21N3OS/c1-4-10(6-13)5-11(16)15-9(3)12-14-8(2)7-17-12/h7,9-10H,4-6,13H2,1-3H3,(H,15,16). The van der Waals surface area contributed by atoms with Crippen LogP contribution >= 0.6 is 11.3 Å². The Morgan fingerprint density at radius 1 is 1.65 bits per heavy atom. The lowest BCUT2D eigenvalue weighted by molar-refractivity contribution is -0.122. The Hall–Kier alpha value is -0.940. The quantitative estimate of drug-likeness (QED) is 0.817. The summed E-state index contributed by atoms with van der Waals surface area (Å²) in [5.41, 5.74) is 6.59. The van der Waals surface area contributed by atoms with Crippen molar-refractivity contribution in [3.8, 4) is 0 Å². The van der Waals surface area contributed by atoms with E-state index in [1.807, 2.05) is 19.2 Å². The molecule has 5 heteroatoms. The summed E-state index contributed by atoms with van der Waals surface area (Å²) in [6, 6.07) is -0.0171. The van der Waals surface area contributed by atoms with Crippen LogP contribution in [0, 0.1) is 12.8 Å². The monoisotopic (exact) mass is 255 g/mol. The van der Waals surface area contributed by atoms with Crippen molar-refractivity contribution in [2.75, 3.05) is 6.54 Å². The van der Waals surface area contributed by atoms with Gasteiger partial charge in [0.25, 0.3) is 0 Å². The third kappa shape index (κ3) is 4.44. The third-order valence-electron chi connectivity index (χ3n) is 2.77. The van der Waals surface area contributed by atoms with Crippen molar-refractivity contribution in [3.63, 3.8) is 0 Å². The van der Waals surface area contributed by atoms with Gasteiger partial charge in [-0.05, 0) is 26.3 Å². The highest BCUT2D eigenvalue weighted by molar-refractivity contribution is 7.09. The van der Waals surface area contributed by atoms with Gasteiger partial charge in [-0.15, -0.1) is 11.3 Å². The van der Waals surface area contributed by atoms with Crippen molar-refractivity contribution in [1.82, 2.24) is 10.3 Å². The van der Waals surface area contributed by atoms with Gasteiger partial charge >= 0.3 is 0 Å². The van der Waals surface area contributed by atoms with E-state index in [1.165, 1.54) is 0 Å². The number of rotatable bonds is 6. The highest BCUT2D eigenvalue weighted by Crippen LogP contribution is 2.18. The molecule has 1 heterocycles. The molecule has 2 unspecified atom stereocenters. The molecule has 1 aromatic rings. The molecular weight excluding hydrogens is 234 g/mol. The van der Waals surface area contributed by atoms with Crippen molar-refractivity contribution in [1.29, 1.82) is 0 Å². The number of carbonyl (C=O) groups excluding carboxylic acids is 1. The van der Waals surface area contributed by atoms with E-state index in [0.717, 1.165) is 17.1 Å². The Labute approximate surface area is 107 Å². The van der Waals surface area contributed by atoms with Crippen molar-refractivity contribution in [2.45, 2.75) is 39.7 Å². The number of amides is 1. The summed E-state index contributed by atoms with van der Waals surface area (Å²) in [6.07, 6.45) is 1.44. The molecule has 0 aromatic carbocycles. The van der Waals surface area contributed by atoms with Gasteiger partial charge in [0.15, 0.2) is 0 Å². The Morgan fingerprint density at radius 2 is 2.35 bits per heavy atom. The summed E-state index contributed by atoms with van der Waals surface area (Å²) in [5, 5.41) is 5.91. The predicted molar refractivity (Wildman–Crippen MR) is 70.9 cm³/mol. The molecule has 0 aliphatic carbocycles. The predicted octanol–water partition coefficient (Wildman–Crippen LogP) is 2.00. The molecule has 2 atom stereocenters. The zero-order valence-corrected chi connectivity index (χ0v) is 11.5. The fourth-order valence-corrected chi connectivity index (χ4v) is 2.39. The molecule has 96 valence electrons. The van der Waals surface area contributed by atoms with Crippen molar-refractivity contribution >= 4 is 17.2 Å². The molecule has 0 spiro atoms. The van der Waals surface area contributed by atoms with Gasteiger partial charge in [0, 0.05) is 17.5 Å². The van der Waals surface area contributed by atoms with Crippen LogP contribution in [0.4, 0.5) is 0 Å². The maximum Gasteiger partial charge on any atom is 0.220 e. The van der Waals surface area contributed by atoms with Crippen molar-refractivity contribution in [2.24, 2.45) is 11.7 Å². The normalized spacial score (nSPS) is 14.4. The van der Waals surface area contributed by atoms with Gasteiger partial charge in [0.2, 0.25) is 5.91 Å². The van der Waals surface area contributed by atoms with Crippen molar-refractivity contribution < 1.29 is 4.79 Å². The average Bonchev–Trinajstić information content (AvgIpc) is 2.72. The summed E-state index contributed by atoms with van der Waals surface area (Å²) in [6.45, 7) is 6.53. The summed E-state index contributed by atoms with van der Waals surface area (Å²) in [4.78, 5) is 16.1. The van der Waals surface area contributed by atoms with Crippen LogP contribution in [-0.4, -0.2) is 17.4 Å². The van der Waals surface area contributed by atoms with Gasteiger partial charge in [-0.1, -0.05) is 13.3 Å². The number of hydrogen-bond donors (Lipinski definition) is 2. The molecule has 1 amide bonds. The molecule has 0 aliphatic heterocycles. The highest BCUT2D eigenvalue weighted by Gasteiger charge is 2.15. The molecule has 3 N–H and O–H groups in total. The minimum atomic E-state index is -0.0171. The second kappa shape index (κ2) is 6.71. The van der Waals surface area contributed by atoms with Gasteiger partial charge in [-0.3, -0.25) is 4.79 Å². The third-order valence-corrected chi connectivity index (χ3v) is 3.91. The van der Waals surface area contributed by atoms with Crippen LogP contribution in [0.25, 0.3) is 0 Å². The Balaban J connectivity index is 2.45. The highest BCUT2D eigenvalue weighted by atomic mass is 32.1. The van der Waals surface area contributed by atoms with Crippen molar-refractivity contribution in [3.05, 3.63) is 16.1 Å². The number of aryl methyl sites for hydroxylation is 1. The molecular formula is C12H21N3OS. The van der Waals surface area contributed by atoms with E-state index < -0.39 is 0 Å². The molecule has 17 heavy (non-hydrogen) atoms. The zero-order valence-electron chi connectivity index (χ0n) is 10.7. The smallest absolute Gasteiger partial charge is 0.220 e. The van der Waals surface area contributed by atoms with Gasteiger partial charge < -0.3 is 11.1 Å². The Morgan fingerprint density at radius 3 is 2.82 bits per heavy atom. The first kappa shape index (κ1) is 14.1. The summed E-state index contributed by atoms with van der Waals surface area (Å²) >= 11 is 1.58. The van der Waals surface area contributed by atoms with E-state index in [9.17, 15) is 4.79 Å². The molecule has 0 saturated heterocycles.